The van der Waals surface area contributed by atoms with Gasteiger partial charge in [0.15, 0.2) is 0 Å². The highest BCUT2D eigenvalue weighted by Gasteiger charge is 2.25. The molecular formula is C20H22FN3S. The van der Waals surface area contributed by atoms with Crippen molar-refractivity contribution in [2.24, 2.45) is 0 Å². The number of likely N-dealkylation sites (tertiary alicyclic amines) is 1. The molecule has 1 saturated heterocycles. The van der Waals surface area contributed by atoms with Gasteiger partial charge in [0, 0.05) is 35.1 Å². The molecule has 1 aromatic carbocycles. The first-order valence-electron chi connectivity index (χ1n) is 8.75. The van der Waals surface area contributed by atoms with Gasteiger partial charge >= 0.3 is 0 Å². The van der Waals surface area contributed by atoms with Gasteiger partial charge in [0.25, 0.3) is 0 Å². The number of benzene rings is 1. The summed E-state index contributed by atoms with van der Waals surface area (Å²) in [5.74, 6) is 0.237. The molecule has 130 valence electrons. The van der Waals surface area contributed by atoms with E-state index in [1.165, 1.54) is 34.7 Å². The fourth-order valence-electron chi connectivity index (χ4n) is 3.67. The second-order valence-electron chi connectivity index (χ2n) is 6.81. The van der Waals surface area contributed by atoms with Gasteiger partial charge in [-0.2, -0.15) is 5.10 Å². The zero-order valence-corrected chi connectivity index (χ0v) is 15.2. The minimum atomic E-state index is -0.205. The summed E-state index contributed by atoms with van der Waals surface area (Å²) in [4.78, 5) is 4.01. The fourth-order valence-corrected chi connectivity index (χ4v) is 4.62. The number of piperidine rings is 1. The van der Waals surface area contributed by atoms with Crippen LogP contribution < -0.4 is 0 Å². The maximum Gasteiger partial charge on any atom is 0.123 e. The Morgan fingerprint density at radius 2 is 2.12 bits per heavy atom. The topological polar surface area (TPSA) is 31.9 Å². The Bertz CT molecular complexity index is 837. The van der Waals surface area contributed by atoms with Gasteiger partial charge in [-0.25, -0.2) is 4.39 Å². The summed E-state index contributed by atoms with van der Waals surface area (Å²) in [6.45, 7) is 5.40. The number of thiophene rings is 1. The molecule has 3 heterocycles. The summed E-state index contributed by atoms with van der Waals surface area (Å²) >= 11 is 1.85. The van der Waals surface area contributed by atoms with Crippen molar-refractivity contribution in [1.29, 1.82) is 0 Å². The number of aromatic nitrogens is 2. The van der Waals surface area contributed by atoms with Gasteiger partial charge in [0.2, 0.25) is 0 Å². The molecule has 0 bridgehead atoms. The van der Waals surface area contributed by atoms with E-state index in [0.29, 0.717) is 5.92 Å². The van der Waals surface area contributed by atoms with E-state index in [1.54, 1.807) is 0 Å². The van der Waals surface area contributed by atoms with Crippen LogP contribution in [0.1, 0.15) is 34.9 Å². The van der Waals surface area contributed by atoms with E-state index in [2.05, 4.69) is 33.5 Å². The molecular weight excluding hydrogens is 333 g/mol. The number of nitrogens with zero attached hydrogens (tertiary/aromatic N) is 2. The minimum Gasteiger partial charge on any atom is -0.298 e. The number of rotatable bonds is 4. The maximum atomic E-state index is 13.2. The maximum absolute atomic E-state index is 13.2. The SMILES string of the molecule is Cc1ccsc1CN1CCC[C@@H](c2[nH]ncc2-c2ccc(F)cc2)C1. The fraction of sp³-hybridized carbons (Fsp3) is 0.350. The number of nitrogens with one attached hydrogen (secondary N) is 1. The molecule has 1 aliphatic heterocycles. The van der Waals surface area contributed by atoms with Crippen molar-refractivity contribution >= 4 is 11.3 Å². The lowest BCUT2D eigenvalue weighted by Crippen LogP contribution is -2.34. The van der Waals surface area contributed by atoms with E-state index in [4.69, 9.17) is 0 Å². The molecule has 5 heteroatoms. The van der Waals surface area contributed by atoms with Crippen molar-refractivity contribution in [2.45, 2.75) is 32.2 Å². The van der Waals surface area contributed by atoms with Crippen LogP contribution in [0.25, 0.3) is 11.1 Å². The van der Waals surface area contributed by atoms with Crippen molar-refractivity contribution < 1.29 is 4.39 Å². The van der Waals surface area contributed by atoms with E-state index < -0.39 is 0 Å². The van der Waals surface area contributed by atoms with Crippen LogP contribution in [0.5, 0.6) is 0 Å². The molecule has 1 N–H and O–H groups in total. The smallest absolute Gasteiger partial charge is 0.123 e. The average molecular weight is 355 g/mol. The standard InChI is InChI=1S/C20H22FN3S/c1-14-8-10-25-19(14)13-24-9-2-3-16(12-24)20-18(11-22-23-20)15-4-6-17(21)7-5-15/h4-8,10-11,16H,2-3,9,12-13H2,1H3,(H,22,23)/t16-/m1/s1. The number of H-pyrrole nitrogens is 1. The number of halogens is 1. The summed E-state index contributed by atoms with van der Waals surface area (Å²) in [6.07, 6.45) is 4.22. The van der Waals surface area contributed by atoms with Gasteiger partial charge in [0.05, 0.1) is 6.20 Å². The molecule has 2 aromatic heterocycles. The Kier molecular flexibility index (Phi) is 4.68. The number of aromatic amines is 1. The van der Waals surface area contributed by atoms with Crippen molar-refractivity contribution in [3.05, 3.63) is 63.9 Å². The Balaban J connectivity index is 1.53. The lowest BCUT2D eigenvalue weighted by atomic mass is 9.90. The first-order valence-corrected chi connectivity index (χ1v) is 9.63. The summed E-state index contributed by atoms with van der Waals surface area (Å²) in [6, 6.07) is 8.89. The van der Waals surface area contributed by atoms with Crippen LogP contribution in [0, 0.1) is 12.7 Å². The molecule has 0 unspecified atom stereocenters. The van der Waals surface area contributed by atoms with Crippen LogP contribution in [-0.4, -0.2) is 28.2 Å². The molecule has 0 radical (unpaired) electrons. The van der Waals surface area contributed by atoms with E-state index in [9.17, 15) is 4.39 Å². The molecule has 3 aromatic rings. The van der Waals surface area contributed by atoms with E-state index in [0.717, 1.165) is 37.2 Å². The number of aryl methyl sites for hydroxylation is 1. The Morgan fingerprint density at radius 3 is 2.88 bits per heavy atom. The Morgan fingerprint density at radius 1 is 1.28 bits per heavy atom. The first kappa shape index (κ1) is 16.5. The summed E-state index contributed by atoms with van der Waals surface area (Å²) in [5.41, 5.74) is 4.69. The zero-order valence-electron chi connectivity index (χ0n) is 14.3. The zero-order chi connectivity index (χ0) is 17.2. The molecule has 1 aliphatic rings. The van der Waals surface area contributed by atoms with Gasteiger partial charge in [0.1, 0.15) is 5.82 Å². The average Bonchev–Trinajstić information content (AvgIpc) is 3.26. The highest BCUT2D eigenvalue weighted by Crippen LogP contribution is 2.34. The van der Waals surface area contributed by atoms with Crippen molar-refractivity contribution in [3.8, 4) is 11.1 Å². The predicted molar refractivity (Wildman–Crippen MR) is 100 cm³/mol. The Labute approximate surface area is 151 Å². The predicted octanol–water partition coefficient (Wildman–Crippen LogP) is 4.97. The van der Waals surface area contributed by atoms with E-state index in [1.807, 2.05) is 29.7 Å². The molecule has 3 nitrogen and oxygen atoms in total. The monoisotopic (exact) mass is 355 g/mol. The molecule has 25 heavy (non-hydrogen) atoms. The van der Waals surface area contributed by atoms with Crippen molar-refractivity contribution in [3.63, 3.8) is 0 Å². The van der Waals surface area contributed by atoms with Gasteiger partial charge < -0.3 is 0 Å². The first-order chi connectivity index (χ1) is 12.2. The molecule has 0 amide bonds. The van der Waals surface area contributed by atoms with Gasteiger partial charge in [-0.3, -0.25) is 10.00 Å². The molecule has 0 saturated carbocycles. The van der Waals surface area contributed by atoms with E-state index in [-0.39, 0.29) is 5.82 Å². The van der Waals surface area contributed by atoms with Gasteiger partial charge in [-0.1, -0.05) is 12.1 Å². The van der Waals surface area contributed by atoms with Crippen molar-refractivity contribution in [2.75, 3.05) is 13.1 Å². The van der Waals surface area contributed by atoms with Crippen LogP contribution in [0.15, 0.2) is 41.9 Å². The largest absolute Gasteiger partial charge is 0.298 e. The third-order valence-corrected chi connectivity index (χ3v) is 6.08. The second kappa shape index (κ2) is 7.10. The quantitative estimate of drug-likeness (QED) is 0.717. The lowest BCUT2D eigenvalue weighted by molar-refractivity contribution is 0.200. The van der Waals surface area contributed by atoms with Crippen LogP contribution in [0.2, 0.25) is 0 Å². The summed E-state index contributed by atoms with van der Waals surface area (Å²) < 4.78 is 13.2. The highest BCUT2D eigenvalue weighted by atomic mass is 32.1. The van der Waals surface area contributed by atoms with Crippen molar-refractivity contribution in [1.82, 2.24) is 15.1 Å². The molecule has 0 spiro atoms. The molecule has 0 aliphatic carbocycles. The lowest BCUT2D eigenvalue weighted by Gasteiger charge is -2.32. The minimum absolute atomic E-state index is 0.205. The summed E-state index contributed by atoms with van der Waals surface area (Å²) in [7, 11) is 0. The molecule has 1 fully saturated rings. The second-order valence-corrected chi connectivity index (χ2v) is 7.81. The van der Waals surface area contributed by atoms with Crippen LogP contribution in [0.3, 0.4) is 0 Å². The Hall–Kier alpha value is -1.98. The highest BCUT2D eigenvalue weighted by molar-refractivity contribution is 7.10. The summed E-state index contributed by atoms with van der Waals surface area (Å²) in [5, 5.41) is 9.66. The number of hydrogen-bond donors (Lipinski definition) is 1. The third kappa shape index (κ3) is 3.53. The van der Waals surface area contributed by atoms with Gasteiger partial charge in [-0.15, -0.1) is 11.3 Å². The van der Waals surface area contributed by atoms with Crippen LogP contribution >= 0.6 is 11.3 Å². The molecule has 1 atom stereocenters. The van der Waals surface area contributed by atoms with Crippen LogP contribution in [-0.2, 0) is 6.54 Å². The normalized spacial score (nSPS) is 18.6. The third-order valence-electron chi connectivity index (χ3n) is 5.07. The van der Waals surface area contributed by atoms with Crippen LogP contribution in [0.4, 0.5) is 4.39 Å². The number of hydrogen-bond acceptors (Lipinski definition) is 3. The van der Waals surface area contributed by atoms with E-state index >= 15 is 0 Å². The van der Waals surface area contributed by atoms with Gasteiger partial charge in [-0.05, 0) is 61.0 Å². The molecule has 4 rings (SSSR count).